The number of halogens is 1. The average molecular weight is 186 g/mol. The van der Waals surface area contributed by atoms with Gasteiger partial charge in [0.1, 0.15) is 0 Å². The minimum absolute atomic E-state index is 0.260. The van der Waals surface area contributed by atoms with Crippen LogP contribution >= 0.6 is 0 Å². The first-order chi connectivity index (χ1) is 5.47. The zero-order chi connectivity index (χ0) is 9.19. The molecule has 66 valence electrons. The molecule has 1 aromatic rings. The van der Waals surface area contributed by atoms with Gasteiger partial charge in [-0.3, -0.25) is 0 Å². The molecule has 0 unspecified atom stereocenters. The molecule has 0 amide bonds. The van der Waals surface area contributed by atoms with Gasteiger partial charge in [0.05, 0.1) is 12.4 Å². The number of hydrogen-bond acceptors (Lipinski definition) is 3. The third-order valence-corrected chi connectivity index (χ3v) is 1.79. The summed E-state index contributed by atoms with van der Waals surface area (Å²) in [6, 6.07) is 0.260. The van der Waals surface area contributed by atoms with Gasteiger partial charge in [-0.2, -0.15) is 0 Å². The van der Waals surface area contributed by atoms with Crippen molar-refractivity contribution < 1.29 is 8.82 Å². The molecule has 1 aromatic heterocycles. The summed E-state index contributed by atoms with van der Waals surface area (Å²) in [5, 5.41) is 0. The SMILES string of the molecule is C[Si](C)(C)Oc1ncc(F)cn1. The number of hydrogen-bond donors (Lipinski definition) is 0. The first-order valence-electron chi connectivity index (χ1n) is 3.64. The van der Waals surface area contributed by atoms with Crippen LogP contribution in [-0.2, 0) is 0 Å². The molecule has 0 bridgehead atoms. The summed E-state index contributed by atoms with van der Waals surface area (Å²) in [6.07, 6.45) is 2.20. The van der Waals surface area contributed by atoms with Crippen LogP contribution in [0.2, 0.25) is 19.6 Å². The van der Waals surface area contributed by atoms with Crippen molar-refractivity contribution >= 4 is 8.32 Å². The maximum atomic E-state index is 12.4. The molecule has 3 nitrogen and oxygen atoms in total. The van der Waals surface area contributed by atoms with Crippen LogP contribution in [0.4, 0.5) is 4.39 Å². The van der Waals surface area contributed by atoms with E-state index in [0.717, 1.165) is 12.4 Å². The van der Waals surface area contributed by atoms with Crippen LogP contribution in [0.25, 0.3) is 0 Å². The molecule has 0 N–H and O–H groups in total. The van der Waals surface area contributed by atoms with Crippen molar-refractivity contribution in [2.75, 3.05) is 0 Å². The Bertz CT molecular complexity index is 257. The van der Waals surface area contributed by atoms with Gasteiger partial charge in [-0.1, -0.05) is 0 Å². The van der Waals surface area contributed by atoms with E-state index in [1.165, 1.54) is 0 Å². The molecule has 1 rings (SSSR count). The lowest BCUT2D eigenvalue weighted by Crippen LogP contribution is -2.30. The van der Waals surface area contributed by atoms with Gasteiger partial charge >= 0.3 is 6.01 Å². The Hall–Kier alpha value is -0.973. The predicted molar refractivity (Wildman–Crippen MR) is 46.0 cm³/mol. The van der Waals surface area contributed by atoms with Crippen molar-refractivity contribution in [3.05, 3.63) is 18.2 Å². The van der Waals surface area contributed by atoms with Crippen LogP contribution in [0.3, 0.4) is 0 Å². The summed E-state index contributed by atoms with van der Waals surface area (Å²) in [5.41, 5.74) is 0. The lowest BCUT2D eigenvalue weighted by Gasteiger charge is -2.16. The zero-order valence-corrected chi connectivity index (χ0v) is 8.34. The Labute approximate surface area is 71.7 Å². The lowest BCUT2D eigenvalue weighted by atomic mass is 10.6. The summed E-state index contributed by atoms with van der Waals surface area (Å²) in [6.45, 7) is 6.04. The molecule has 0 saturated carbocycles. The normalized spacial score (nSPS) is 11.3. The Kier molecular flexibility index (Phi) is 2.42. The Morgan fingerprint density at radius 2 is 1.75 bits per heavy atom. The van der Waals surface area contributed by atoms with Crippen LogP contribution in [0, 0.1) is 5.82 Å². The first kappa shape index (κ1) is 9.12. The Morgan fingerprint density at radius 3 is 2.17 bits per heavy atom. The average Bonchev–Trinajstić information content (AvgIpc) is 1.91. The molecule has 0 aromatic carbocycles. The fourth-order valence-electron chi connectivity index (χ4n) is 0.627. The largest absolute Gasteiger partial charge is 0.518 e. The summed E-state index contributed by atoms with van der Waals surface area (Å²) in [4.78, 5) is 7.38. The second-order valence-corrected chi connectivity index (χ2v) is 7.83. The minimum Gasteiger partial charge on any atom is -0.518 e. The van der Waals surface area contributed by atoms with Gasteiger partial charge in [0.15, 0.2) is 5.82 Å². The minimum atomic E-state index is -1.66. The smallest absolute Gasteiger partial charge is 0.302 e. The fourth-order valence-corrected chi connectivity index (χ4v) is 1.28. The molecule has 12 heavy (non-hydrogen) atoms. The van der Waals surface area contributed by atoms with E-state index in [1.807, 2.05) is 19.6 Å². The molecule has 0 fully saturated rings. The van der Waals surface area contributed by atoms with Gasteiger partial charge < -0.3 is 4.43 Å². The Morgan fingerprint density at radius 1 is 1.25 bits per heavy atom. The summed E-state index contributed by atoms with van der Waals surface area (Å²) in [7, 11) is -1.66. The van der Waals surface area contributed by atoms with E-state index in [-0.39, 0.29) is 6.01 Å². The third kappa shape index (κ3) is 2.96. The van der Waals surface area contributed by atoms with Crippen LogP contribution in [0.1, 0.15) is 0 Å². The van der Waals surface area contributed by atoms with Gasteiger partial charge in [0.2, 0.25) is 8.32 Å². The van der Waals surface area contributed by atoms with E-state index in [1.54, 1.807) is 0 Å². The van der Waals surface area contributed by atoms with Gasteiger partial charge in [-0.05, 0) is 19.6 Å². The van der Waals surface area contributed by atoms with Crippen molar-refractivity contribution in [3.8, 4) is 6.01 Å². The maximum Gasteiger partial charge on any atom is 0.302 e. The number of rotatable bonds is 2. The van der Waals surface area contributed by atoms with Crippen LogP contribution in [-0.4, -0.2) is 18.3 Å². The monoisotopic (exact) mass is 186 g/mol. The van der Waals surface area contributed by atoms with E-state index in [0.29, 0.717) is 0 Å². The van der Waals surface area contributed by atoms with Crippen molar-refractivity contribution in [1.82, 2.24) is 9.97 Å². The summed E-state index contributed by atoms with van der Waals surface area (Å²) >= 11 is 0. The number of aromatic nitrogens is 2. The number of nitrogens with zero attached hydrogens (tertiary/aromatic N) is 2. The molecule has 0 radical (unpaired) electrons. The van der Waals surface area contributed by atoms with Crippen molar-refractivity contribution in [2.45, 2.75) is 19.6 Å². The summed E-state index contributed by atoms with van der Waals surface area (Å²) in [5.74, 6) is -0.446. The molecule has 0 aliphatic heterocycles. The second kappa shape index (κ2) is 3.18. The molecule has 1 heterocycles. The van der Waals surface area contributed by atoms with E-state index < -0.39 is 14.1 Å². The molecule has 0 spiro atoms. The van der Waals surface area contributed by atoms with Crippen molar-refractivity contribution in [1.29, 1.82) is 0 Å². The fraction of sp³-hybridized carbons (Fsp3) is 0.429. The summed E-state index contributed by atoms with van der Waals surface area (Å²) < 4.78 is 17.8. The van der Waals surface area contributed by atoms with Gasteiger partial charge in [0.25, 0.3) is 0 Å². The van der Waals surface area contributed by atoms with Crippen LogP contribution < -0.4 is 4.43 Å². The third-order valence-electron chi connectivity index (χ3n) is 0.994. The van der Waals surface area contributed by atoms with E-state index in [2.05, 4.69) is 9.97 Å². The first-order valence-corrected chi connectivity index (χ1v) is 7.05. The van der Waals surface area contributed by atoms with E-state index in [4.69, 9.17) is 4.43 Å². The zero-order valence-electron chi connectivity index (χ0n) is 7.34. The van der Waals surface area contributed by atoms with Crippen LogP contribution in [0.5, 0.6) is 6.01 Å². The standard InChI is InChI=1S/C7H11FN2OSi/c1-12(2,3)11-7-9-4-6(8)5-10-7/h4-5H,1-3H3. The quantitative estimate of drug-likeness (QED) is 0.661. The van der Waals surface area contributed by atoms with Crippen LogP contribution in [0.15, 0.2) is 12.4 Å². The van der Waals surface area contributed by atoms with Crippen molar-refractivity contribution in [3.63, 3.8) is 0 Å². The van der Waals surface area contributed by atoms with Gasteiger partial charge in [0, 0.05) is 0 Å². The molecule has 5 heteroatoms. The van der Waals surface area contributed by atoms with Gasteiger partial charge in [-0.15, -0.1) is 0 Å². The lowest BCUT2D eigenvalue weighted by molar-refractivity contribution is 0.498. The van der Waals surface area contributed by atoms with Crippen molar-refractivity contribution in [2.24, 2.45) is 0 Å². The Balaban J connectivity index is 2.71. The molecular weight excluding hydrogens is 175 g/mol. The highest BCUT2D eigenvalue weighted by atomic mass is 28.4. The second-order valence-electron chi connectivity index (χ2n) is 3.40. The molecular formula is C7H11FN2OSi. The molecule has 0 aliphatic rings. The van der Waals surface area contributed by atoms with E-state index >= 15 is 0 Å². The topological polar surface area (TPSA) is 35.0 Å². The highest BCUT2D eigenvalue weighted by molar-refractivity contribution is 6.70. The highest BCUT2D eigenvalue weighted by Crippen LogP contribution is 2.08. The maximum absolute atomic E-state index is 12.4. The molecule has 0 aliphatic carbocycles. The van der Waals surface area contributed by atoms with Gasteiger partial charge in [-0.25, -0.2) is 14.4 Å². The highest BCUT2D eigenvalue weighted by Gasteiger charge is 2.17. The molecule has 0 saturated heterocycles. The molecule has 0 atom stereocenters. The van der Waals surface area contributed by atoms with E-state index in [9.17, 15) is 4.39 Å². The predicted octanol–water partition coefficient (Wildman–Crippen LogP) is 1.83.